The average molecular weight is 276 g/mol. The molecule has 110 valence electrons. The second-order valence-electron chi connectivity index (χ2n) is 6.49. The molecule has 1 atom stereocenters. The Kier molecular flexibility index (Phi) is 3.97. The Balaban J connectivity index is 2.09. The van der Waals surface area contributed by atoms with Crippen molar-refractivity contribution in [1.29, 1.82) is 0 Å². The Morgan fingerprint density at radius 1 is 1.50 bits per heavy atom. The number of rotatable bonds is 5. The fourth-order valence-electron chi connectivity index (χ4n) is 2.25. The van der Waals surface area contributed by atoms with E-state index in [1.165, 1.54) is 6.42 Å². The SMILES string of the molecule is CNc1cnc(C(C)C)nc1C(=O)NCC1CC1(C)C. The molecule has 1 aliphatic carbocycles. The Hall–Kier alpha value is -1.65. The van der Waals surface area contributed by atoms with Gasteiger partial charge in [0.1, 0.15) is 5.82 Å². The van der Waals surface area contributed by atoms with Crippen LogP contribution in [0, 0.1) is 11.3 Å². The summed E-state index contributed by atoms with van der Waals surface area (Å²) in [5.74, 6) is 1.35. The van der Waals surface area contributed by atoms with Crippen molar-refractivity contribution in [1.82, 2.24) is 15.3 Å². The van der Waals surface area contributed by atoms with Crippen molar-refractivity contribution < 1.29 is 4.79 Å². The Morgan fingerprint density at radius 3 is 2.65 bits per heavy atom. The van der Waals surface area contributed by atoms with Crippen LogP contribution in [-0.2, 0) is 0 Å². The van der Waals surface area contributed by atoms with Crippen LogP contribution in [0.4, 0.5) is 5.69 Å². The van der Waals surface area contributed by atoms with Gasteiger partial charge >= 0.3 is 0 Å². The van der Waals surface area contributed by atoms with Gasteiger partial charge < -0.3 is 10.6 Å². The number of carbonyl (C=O) groups excluding carboxylic acids is 1. The predicted molar refractivity (Wildman–Crippen MR) is 79.9 cm³/mol. The quantitative estimate of drug-likeness (QED) is 0.866. The highest BCUT2D eigenvalue weighted by Crippen LogP contribution is 2.50. The highest BCUT2D eigenvalue weighted by Gasteiger charge is 2.45. The highest BCUT2D eigenvalue weighted by molar-refractivity contribution is 5.97. The zero-order chi connectivity index (χ0) is 14.9. The summed E-state index contributed by atoms with van der Waals surface area (Å²) in [6, 6.07) is 0. The lowest BCUT2D eigenvalue weighted by atomic mass is 10.1. The van der Waals surface area contributed by atoms with Crippen LogP contribution in [0.3, 0.4) is 0 Å². The van der Waals surface area contributed by atoms with Gasteiger partial charge in [-0.15, -0.1) is 0 Å². The first kappa shape index (κ1) is 14.8. The van der Waals surface area contributed by atoms with Gasteiger partial charge in [-0.3, -0.25) is 4.79 Å². The monoisotopic (exact) mass is 276 g/mol. The molecule has 0 spiro atoms. The van der Waals surface area contributed by atoms with Gasteiger partial charge in [0.2, 0.25) is 0 Å². The molecule has 1 aromatic rings. The molecule has 5 heteroatoms. The van der Waals surface area contributed by atoms with Crippen LogP contribution in [0.2, 0.25) is 0 Å². The van der Waals surface area contributed by atoms with Gasteiger partial charge in [0, 0.05) is 19.5 Å². The number of hydrogen-bond acceptors (Lipinski definition) is 4. The van der Waals surface area contributed by atoms with E-state index in [1.54, 1.807) is 13.2 Å². The minimum Gasteiger partial charge on any atom is -0.385 e. The van der Waals surface area contributed by atoms with Crippen LogP contribution in [0.1, 0.15) is 56.3 Å². The number of nitrogens with zero attached hydrogens (tertiary/aromatic N) is 2. The second kappa shape index (κ2) is 5.38. The molecular weight excluding hydrogens is 252 g/mol. The van der Waals surface area contributed by atoms with E-state index in [0.717, 1.165) is 6.54 Å². The summed E-state index contributed by atoms with van der Waals surface area (Å²) in [5, 5.41) is 5.96. The largest absolute Gasteiger partial charge is 0.385 e. The summed E-state index contributed by atoms with van der Waals surface area (Å²) in [6.45, 7) is 9.20. The summed E-state index contributed by atoms with van der Waals surface area (Å²) in [4.78, 5) is 21.0. The van der Waals surface area contributed by atoms with Crippen molar-refractivity contribution in [3.8, 4) is 0 Å². The van der Waals surface area contributed by atoms with Crippen molar-refractivity contribution in [3.05, 3.63) is 17.7 Å². The summed E-state index contributed by atoms with van der Waals surface area (Å²) in [5.41, 5.74) is 1.47. The molecule has 20 heavy (non-hydrogen) atoms. The molecule has 1 saturated carbocycles. The molecule has 0 aromatic carbocycles. The van der Waals surface area contributed by atoms with E-state index < -0.39 is 0 Å². The van der Waals surface area contributed by atoms with E-state index in [1.807, 2.05) is 13.8 Å². The Bertz CT molecular complexity index is 511. The first-order valence-corrected chi connectivity index (χ1v) is 7.18. The predicted octanol–water partition coefficient (Wildman–Crippen LogP) is 2.42. The number of anilines is 1. The van der Waals surface area contributed by atoms with Gasteiger partial charge in [-0.05, 0) is 17.8 Å². The standard InChI is InChI=1S/C15H24N4O/c1-9(2)13-17-8-11(16-5)12(19-13)14(20)18-7-10-6-15(10,3)4/h8-10,16H,6-7H2,1-5H3,(H,18,20). The minimum absolute atomic E-state index is 0.124. The molecule has 1 heterocycles. The van der Waals surface area contributed by atoms with E-state index in [-0.39, 0.29) is 11.8 Å². The maximum Gasteiger partial charge on any atom is 0.272 e. The first-order chi connectivity index (χ1) is 9.35. The van der Waals surface area contributed by atoms with Gasteiger partial charge in [0.25, 0.3) is 5.91 Å². The van der Waals surface area contributed by atoms with Crippen LogP contribution in [0.5, 0.6) is 0 Å². The second-order valence-corrected chi connectivity index (χ2v) is 6.49. The number of nitrogens with one attached hydrogen (secondary N) is 2. The average Bonchev–Trinajstić information content (AvgIpc) is 3.02. The number of aromatic nitrogens is 2. The number of carbonyl (C=O) groups is 1. The van der Waals surface area contributed by atoms with Gasteiger partial charge in [0.15, 0.2) is 5.69 Å². The van der Waals surface area contributed by atoms with Gasteiger partial charge in [-0.25, -0.2) is 9.97 Å². The number of hydrogen-bond donors (Lipinski definition) is 2. The molecule has 1 aromatic heterocycles. The van der Waals surface area contributed by atoms with Gasteiger partial charge in [-0.2, -0.15) is 0 Å². The Morgan fingerprint density at radius 2 is 2.15 bits per heavy atom. The molecule has 5 nitrogen and oxygen atoms in total. The third kappa shape index (κ3) is 3.08. The summed E-state index contributed by atoms with van der Waals surface area (Å²) < 4.78 is 0. The maximum absolute atomic E-state index is 12.3. The van der Waals surface area contributed by atoms with Crippen molar-refractivity contribution >= 4 is 11.6 Å². The lowest BCUT2D eigenvalue weighted by molar-refractivity contribution is 0.0946. The molecular formula is C15H24N4O. The topological polar surface area (TPSA) is 66.9 Å². The first-order valence-electron chi connectivity index (χ1n) is 7.18. The zero-order valence-corrected chi connectivity index (χ0v) is 12.9. The summed E-state index contributed by atoms with van der Waals surface area (Å²) in [6.07, 6.45) is 2.85. The van der Waals surface area contributed by atoms with Crippen LogP contribution in [0.25, 0.3) is 0 Å². The Labute approximate surface area is 120 Å². The van der Waals surface area contributed by atoms with Gasteiger partial charge in [0.05, 0.1) is 11.9 Å². The van der Waals surface area contributed by atoms with E-state index in [9.17, 15) is 4.79 Å². The molecule has 1 fully saturated rings. The van der Waals surface area contributed by atoms with Crippen molar-refractivity contribution in [2.24, 2.45) is 11.3 Å². The van der Waals surface area contributed by atoms with Crippen molar-refractivity contribution in [2.45, 2.75) is 40.0 Å². The molecule has 1 amide bonds. The highest BCUT2D eigenvalue weighted by atomic mass is 16.1. The molecule has 0 radical (unpaired) electrons. The summed E-state index contributed by atoms with van der Waals surface area (Å²) in [7, 11) is 1.77. The van der Waals surface area contributed by atoms with Crippen LogP contribution in [0.15, 0.2) is 6.20 Å². The number of amides is 1. The van der Waals surface area contributed by atoms with Crippen LogP contribution in [-0.4, -0.2) is 29.5 Å². The van der Waals surface area contributed by atoms with Crippen LogP contribution >= 0.6 is 0 Å². The van der Waals surface area contributed by atoms with E-state index in [2.05, 4.69) is 34.4 Å². The normalized spacial score (nSPS) is 19.8. The van der Waals surface area contributed by atoms with Gasteiger partial charge in [-0.1, -0.05) is 27.7 Å². The van der Waals surface area contributed by atoms with Crippen molar-refractivity contribution in [2.75, 3.05) is 18.9 Å². The van der Waals surface area contributed by atoms with Crippen LogP contribution < -0.4 is 10.6 Å². The molecule has 2 rings (SSSR count). The molecule has 1 unspecified atom stereocenters. The lowest BCUT2D eigenvalue weighted by Gasteiger charge is -2.12. The molecule has 0 saturated heterocycles. The van der Waals surface area contributed by atoms with Crippen molar-refractivity contribution in [3.63, 3.8) is 0 Å². The lowest BCUT2D eigenvalue weighted by Crippen LogP contribution is -2.28. The van der Waals surface area contributed by atoms with E-state index >= 15 is 0 Å². The zero-order valence-electron chi connectivity index (χ0n) is 12.9. The minimum atomic E-state index is -0.124. The molecule has 0 aliphatic heterocycles. The van der Waals surface area contributed by atoms with E-state index in [4.69, 9.17) is 0 Å². The molecule has 1 aliphatic rings. The smallest absolute Gasteiger partial charge is 0.272 e. The fourth-order valence-corrected chi connectivity index (χ4v) is 2.25. The summed E-state index contributed by atoms with van der Waals surface area (Å²) >= 11 is 0. The fraction of sp³-hybridized carbons (Fsp3) is 0.667. The third-order valence-corrected chi connectivity index (χ3v) is 4.03. The molecule has 2 N–H and O–H groups in total. The molecule has 0 bridgehead atoms. The third-order valence-electron chi connectivity index (χ3n) is 4.03. The van der Waals surface area contributed by atoms with E-state index in [0.29, 0.717) is 28.5 Å². The maximum atomic E-state index is 12.3.